The average Bonchev–Trinajstić information content (AvgIpc) is 3.19. The van der Waals surface area contributed by atoms with Crippen molar-refractivity contribution in [1.82, 2.24) is 20.0 Å². The van der Waals surface area contributed by atoms with Gasteiger partial charge < -0.3 is 10.6 Å². The highest BCUT2D eigenvalue weighted by molar-refractivity contribution is 7.13. The van der Waals surface area contributed by atoms with Gasteiger partial charge in [-0.3, -0.25) is 14.8 Å². The van der Waals surface area contributed by atoms with Crippen molar-refractivity contribution in [2.24, 2.45) is 5.73 Å². The number of aromatic nitrogens is 2. The molecule has 1 aliphatic heterocycles. The van der Waals surface area contributed by atoms with Crippen molar-refractivity contribution in [3.05, 3.63) is 29.3 Å². The van der Waals surface area contributed by atoms with E-state index in [1.807, 2.05) is 28.5 Å². The van der Waals surface area contributed by atoms with E-state index < -0.39 is 0 Å². The minimum absolute atomic E-state index is 0.00135. The molecule has 0 radical (unpaired) electrons. The predicted octanol–water partition coefficient (Wildman–Crippen LogP) is 0.855. The second-order valence-corrected chi connectivity index (χ2v) is 6.01. The van der Waals surface area contributed by atoms with Crippen LogP contribution in [0.25, 0.3) is 10.6 Å². The number of hydrogen-bond acceptors (Lipinski definition) is 5. The third kappa shape index (κ3) is 3.15. The van der Waals surface area contributed by atoms with Crippen LogP contribution in [-0.4, -0.2) is 65.2 Å². The Balaban J connectivity index is 1.64. The molecule has 0 atom stereocenters. The molecular formula is C14H19N5OS. The molecule has 7 heteroatoms. The lowest BCUT2D eigenvalue weighted by atomic mass is 10.2. The highest BCUT2D eigenvalue weighted by Crippen LogP contribution is 2.23. The number of nitrogens with one attached hydrogen (secondary N) is 1. The van der Waals surface area contributed by atoms with Gasteiger partial charge >= 0.3 is 0 Å². The molecule has 2 aromatic heterocycles. The van der Waals surface area contributed by atoms with E-state index in [1.165, 1.54) is 0 Å². The third-order valence-corrected chi connectivity index (χ3v) is 4.59. The van der Waals surface area contributed by atoms with Crippen LogP contribution in [0.4, 0.5) is 0 Å². The monoisotopic (exact) mass is 305 g/mol. The normalized spacial score (nSPS) is 16.3. The number of H-pyrrole nitrogens is 1. The lowest BCUT2D eigenvalue weighted by Gasteiger charge is -2.34. The summed E-state index contributed by atoms with van der Waals surface area (Å²) in [6, 6.07) is 5.83. The van der Waals surface area contributed by atoms with E-state index in [2.05, 4.69) is 15.1 Å². The van der Waals surface area contributed by atoms with Crippen molar-refractivity contribution in [1.29, 1.82) is 0 Å². The fraction of sp³-hybridized carbons (Fsp3) is 0.429. The molecule has 1 amide bonds. The standard InChI is InChI=1S/C14H19N5OS/c15-3-4-18-5-7-19(8-6-18)14(20)12-10-11(16-17-12)13-2-1-9-21-13/h1-2,9-10H,3-8,15H2,(H,16,17). The molecule has 0 bridgehead atoms. The summed E-state index contributed by atoms with van der Waals surface area (Å²) in [6.07, 6.45) is 0. The van der Waals surface area contributed by atoms with E-state index in [0.29, 0.717) is 12.2 Å². The number of carbonyl (C=O) groups is 1. The van der Waals surface area contributed by atoms with Crippen LogP contribution in [0.2, 0.25) is 0 Å². The Kier molecular flexibility index (Phi) is 4.33. The number of nitrogens with two attached hydrogens (primary N) is 1. The molecule has 0 saturated carbocycles. The minimum Gasteiger partial charge on any atom is -0.335 e. The SMILES string of the molecule is NCCN1CCN(C(=O)c2cc(-c3cccs3)[nH]n2)CC1. The summed E-state index contributed by atoms with van der Waals surface area (Å²) in [5.41, 5.74) is 6.95. The summed E-state index contributed by atoms with van der Waals surface area (Å²) in [4.78, 5) is 17.7. The van der Waals surface area contributed by atoms with E-state index in [9.17, 15) is 4.79 Å². The molecule has 3 heterocycles. The van der Waals surface area contributed by atoms with Crippen LogP contribution in [0.5, 0.6) is 0 Å². The third-order valence-electron chi connectivity index (χ3n) is 3.69. The van der Waals surface area contributed by atoms with Crippen molar-refractivity contribution in [2.45, 2.75) is 0 Å². The molecular weight excluding hydrogens is 286 g/mol. The maximum atomic E-state index is 12.5. The second kappa shape index (κ2) is 6.38. The summed E-state index contributed by atoms with van der Waals surface area (Å²) >= 11 is 1.63. The predicted molar refractivity (Wildman–Crippen MR) is 83.3 cm³/mol. The maximum absolute atomic E-state index is 12.5. The van der Waals surface area contributed by atoms with Crippen LogP contribution in [-0.2, 0) is 0 Å². The fourth-order valence-electron chi connectivity index (χ4n) is 2.51. The number of amides is 1. The van der Waals surface area contributed by atoms with E-state index in [4.69, 9.17) is 5.73 Å². The second-order valence-electron chi connectivity index (χ2n) is 5.07. The Morgan fingerprint density at radius 2 is 2.19 bits per heavy atom. The highest BCUT2D eigenvalue weighted by Gasteiger charge is 2.23. The van der Waals surface area contributed by atoms with Gasteiger partial charge in [-0.15, -0.1) is 11.3 Å². The Morgan fingerprint density at radius 3 is 2.86 bits per heavy atom. The first kappa shape index (κ1) is 14.2. The lowest BCUT2D eigenvalue weighted by Crippen LogP contribution is -2.49. The Labute approximate surface area is 127 Å². The molecule has 6 nitrogen and oxygen atoms in total. The summed E-state index contributed by atoms with van der Waals surface area (Å²) in [6.45, 7) is 4.79. The number of piperazine rings is 1. The minimum atomic E-state index is 0.00135. The van der Waals surface area contributed by atoms with Crippen molar-refractivity contribution in [3.8, 4) is 10.6 Å². The molecule has 3 rings (SSSR count). The number of thiophene rings is 1. The first-order chi connectivity index (χ1) is 10.3. The van der Waals surface area contributed by atoms with Crippen molar-refractivity contribution < 1.29 is 4.79 Å². The van der Waals surface area contributed by atoms with E-state index in [0.717, 1.165) is 43.3 Å². The summed E-state index contributed by atoms with van der Waals surface area (Å²) in [7, 11) is 0. The molecule has 112 valence electrons. The Bertz CT molecular complexity index is 586. The number of nitrogens with zero attached hydrogens (tertiary/aromatic N) is 3. The highest BCUT2D eigenvalue weighted by atomic mass is 32.1. The van der Waals surface area contributed by atoms with Crippen LogP contribution in [0.15, 0.2) is 23.6 Å². The number of hydrogen-bond donors (Lipinski definition) is 2. The van der Waals surface area contributed by atoms with Crippen LogP contribution in [0.1, 0.15) is 10.5 Å². The van der Waals surface area contributed by atoms with Gasteiger partial charge in [0.2, 0.25) is 0 Å². The summed E-state index contributed by atoms with van der Waals surface area (Å²) in [5, 5.41) is 9.11. The molecule has 1 aliphatic rings. The fourth-order valence-corrected chi connectivity index (χ4v) is 3.20. The zero-order chi connectivity index (χ0) is 14.7. The van der Waals surface area contributed by atoms with E-state index >= 15 is 0 Å². The van der Waals surface area contributed by atoms with Gasteiger partial charge in [0.25, 0.3) is 5.91 Å². The molecule has 0 spiro atoms. The van der Waals surface area contributed by atoms with Crippen molar-refractivity contribution in [3.63, 3.8) is 0 Å². The Morgan fingerprint density at radius 1 is 1.38 bits per heavy atom. The first-order valence-electron chi connectivity index (χ1n) is 7.09. The van der Waals surface area contributed by atoms with Gasteiger partial charge in [-0.05, 0) is 17.5 Å². The largest absolute Gasteiger partial charge is 0.335 e. The number of carbonyl (C=O) groups excluding carboxylic acids is 1. The van der Waals surface area contributed by atoms with E-state index in [-0.39, 0.29) is 5.91 Å². The van der Waals surface area contributed by atoms with Gasteiger partial charge in [-0.2, -0.15) is 5.10 Å². The quantitative estimate of drug-likeness (QED) is 0.878. The number of aromatic amines is 1. The van der Waals surface area contributed by atoms with Gasteiger partial charge in [0, 0.05) is 39.3 Å². The van der Waals surface area contributed by atoms with Crippen molar-refractivity contribution >= 4 is 17.2 Å². The van der Waals surface area contributed by atoms with E-state index in [1.54, 1.807) is 11.3 Å². The average molecular weight is 305 g/mol. The van der Waals surface area contributed by atoms with Crippen LogP contribution in [0, 0.1) is 0 Å². The molecule has 1 fully saturated rings. The molecule has 0 unspecified atom stereocenters. The molecule has 3 N–H and O–H groups in total. The van der Waals surface area contributed by atoms with Gasteiger partial charge in [0.1, 0.15) is 0 Å². The van der Waals surface area contributed by atoms with Gasteiger partial charge in [0.05, 0.1) is 10.6 Å². The topological polar surface area (TPSA) is 78.2 Å². The Hall–Kier alpha value is -1.70. The number of rotatable bonds is 4. The van der Waals surface area contributed by atoms with Crippen LogP contribution in [0.3, 0.4) is 0 Å². The lowest BCUT2D eigenvalue weighted by molar-refractivity contribution is 0.0635. The molecule has 21 heavy (non-hydrogen) atoms. The van der Waals surface area contributed by atoms with Gasteiger partial charge in [0.15, 0.2) is 5.69 Å². The summed E-state index contributed by atoms with van der Waals surface area (Å²) in [5.74, 6) is 0.00135. The zero-order valence-electron chi connectivity index (χ0n) is 11.8. The van der Waals surface area contributed by atoms with Crippen LogP contribution >= 0.6 is 11.3 Å². The van der Waals surface area contributed by atoms with Crippen LogP contribution < -0.4 is 5.73 Å². The zero-order valence-corrected chi connectivity index (χ0v) is 12.6. The van der Waals surface area contributed by atoms with Gasteiger partial charge in [-0.25, -0.2) is 0 Å². The first-order valence-corrected chi connectivity index (χ1v) is 7.97. The smallest absolute Gasteiger partial charge is 0.274 e. The summed E-state index contributed by atoms with van der Waals surface area (Å²) < 4.78 is 0. The molecule has 0 aromatic carbocycles. The molecule has 0 aliphatic carbocycles. The molecule has 1 saturated heterocycles. The maximum Gasteiger partial charge on any atom is 0.274 e. The molecule has 2 aromatic rings. The van der Waals surface area contributed by atoms with Crippen molar-refractivity contribution in [2.75, 3.05) is 39.3 Å². The van der Waals surface area contributed by atoms with Gasteiger partial charge in [-0.1, -0.05) is 6.07 Å².